The second kappa shape index (κ2) is 8.01. The lowest BCUT2D eigenvalue weighted by Crippen LogP contribution is -2.40. The van der Waals surface area contributed by atoms with Crippen LogP contribution in [0, 0.1) is 0 Å². The van der Waals surface area contributed by atoms with Crippen LogP contribution < -0.4 is 15.4 Å². The van der Waals surface area contributed by atoms with Crippen LogP contribution >= 0.6 is 0 Å². The first-order valence-corrected chi connectivity index (χ1v) is 8.58. The summed E-state index contributed by atoms with van der Waals surface area (Å²) in [5, 5.41) is 16.1. The highest BCUT2D eigenvalue weighted by Crippen LogP contribution is 2.20. The minimum Gasteiger partial charge on any atom is -0.496 e. The Balaban J connectivity index is 1.59. The molecule has 0 radical (unpaired) electrons. The highest BCUT2D eigenvalue weighted by molar-refractivity contribution is 5.91. The number of nitrogens with one attached hydrogen (secondary N) is 2. The SMILES string of the molecule is COc1ccc(CN[C@@H](C)C2=NC[C@@H](c3ccccc3)N2)cc1C(=O)O. The van der Waals surface area contributed by atoms with Crippen LogP contribution in [0.1, 0.15) is 34.5 Å². The van der Waals surface area contributed by atoms with Gasteiger partial charge in [0.05, 0.1) is 25.7 Å². The van der Waals surface area contributed by atoms with E-state index in [0.717, 1.165) is 17.9 Å². The van der Waals surface area contributed by atoms with Gasteiger partial charge in [-0.15, -0.1) is 0 Å². The topological polar surface area (TPSA) is 83.0 Å². The summed E-state index contributed by atoms with van der Waals surface area (Å²) in [6.45, 7) is 3.31. The number of hydrogen-bond donors (Lipinski definition) is 3. The number of hydrogen-bond acceptors (Lipinski definition) is 5. The van der Waals surface area contributed by atoms with Crippen molar-refractivity contribution in [1.82, 2.24) is 10.6 Å². The fraction of sp³-hybridized carbons (Fsp3) is 0.300. The number of ether oxygens (including phenoxy) is 1. The van der Waals surface area contributed by atoms with Gasteiger partial charge in [0, 0.05) is 6.54 Å². The minimum atomic E-state index is -0.996. The van der Waals surface area contributed by atoms with E-state index in [2.05, 4.69) is 27.8 Å². The molecule has 0 saturated carbocycles. The predicted molar refractivity (Wildman–Crippen MR) is 101 cm³/mol. The smallest absolute Gasteiger partial charge is 0.339 e. The van der Waals surface area contributed by atoms with E-state index in [9.17, 15) is 9.90 Å². The van der Waals surface area contributed by atoms with Crippen molar-refractivity contribution in [2.24, 2.45) is 4.99 Å². The van der Waals surface area contributed by atoms with Crippen LogP contribution in [0.2, 0.25) is 0 Å². The van der Waals surface area contributed by atoms with E-state index < -0.39 is 5.97 Å². The number of benzene rings is 2. The van der Waals surface area contributed by atoms with Crippen molar-refractivity contribution in [2.45, 2.75) is 25.6 Å². The van der Waals surface area contributed by atoms with E-state index in [0.29, 0.717) is 12.3 Å². The molecule has 0 aliphatic carbocycles. The van der Waals surface area contributed by atoms with Gasteiger partial charge < -0.3 is 20.5 Å². The van der Waals surface area contributed by atoms with Gasteiger partial charge >= 0.3 is 5.97 Å². The largest absolute Gasteiger partial charge is 0.496 e. The van der Waals surface area contributed by atoms with Gasteiger partial charge in [0.2, 0.25) is 0 Å². The van der Waals surface area contributed by atoms with E-state index in [1.54, 1.807) is 12.1 Å². The second-order valence-corrected chi connectivity index (χ2v) is 6.28. The molecule has 136 valence electrons. The van der Waals surface area contributed by atoms with Gasteiger partial charge in [-0.1, -0.05) is 36.4 Å². The zero-order chi connectivity index (χ0) is 18.5. The average molecular weight is 353 g/mol. The number of rotatable bonds is 7. The molecule has 3 N–H and O–H groups in total. The maximum absolute atomic E-state index is 11.3. The molecule has 0 saturated heterocycles. The van der Waals surface area contributed by atoms with Crippen LogP contribution in [0.3, 0.4) is 0 Å². The number of amidine groups is 1. The molecule has 0 bridgehead atoms. The second-order valence-electron chi connectivity index (χ2n) is 6.28. The number of carbonyl (C=O) groups is 1. The van der Waals surface area contributed by atoms with E-state index >= 15 is 0 Å². The number of aromatic carboxylic acids is 1. The maximum atomic E-state index is 11.3. The van der Waals surface area contributed by atoms with Gasteiger partial charge in [-0.25, -0.2) is 4.79 Å². The van der Waals surface area contributed by atoms with Crippen molar-refractivity contribution in [3.63, 3.8) is 0 Å². The Bertz CT molecular complexity index is 805. The first-order chi connectivity index (χ1) is 12.6. The number of carboxylic acid groups (broad SMARTS) is 1. The molecule has 6 heteroatoms. The lowest BCUT2D eigenvalue weighted by Gasteiger charge is -2.18. The van der Waals surface area contributed by atoms with E-state index in [1.165, 1.54) is 12.7 Å². The molecule has 2 aromatic carbocycles. The molecule has 1 aliphatic rings. The summed E-state index contributed by atoms with van der Waals surface area (Å²) in [5.41, 5.74) is 2.27. The van der Waals surface area contributed by atoms with Crippen LogP contribution in [0.15, 0.2) is 53.5 Å². The van der Waals surface area contributed by atoms with Crippen molar-refractivity contribution >= 4 is 11.8 Å². The molecule has 2 atom stereocenters. The summed E-state index contributed by atoms with van der Waals surface area (Å²) in [7, 11) is 1.47. The lowest BCUT2D eigenvalue weighted by atomic mass is 10.1. The monoisotopic (exact) mass is 353 g/mol. The molecular weight excluding hydrogens is 330 g/mol. The quantitative estimate of drug-likeness (QED) is 0.713. The summed E-state index contributed by atoms with van der Waals surface area (Å²) in [4.78, 5) is 15.9. The Morgan fingerprint density at radius 3 is 2.81 bits per heavy atom. The van der Waals surface area contributed by atoms with Gasteiger partial charge in [0.25, 0.3) is 0 Å². The molecule has 1 aliphatic heterocycles. The fourth-order valence-electron chi connectivity index (χ4n) is 3.00. The van der Waals surface area contributed by atoms with Crippen LogP contribution in [-0.2, 0) is 6.54 Å². The molecular formula is C20H23N3O3. The summed E-state index contributed by atoms with van der Waals surface area (Å²) < 4.78 is 5.09. The molecule has 0 fully saturated rings. The normalized spacial score (nSPS) is 17.3. The van der Waals surface area contributed by atoms with Crippen molar-refractivity contribution in [1.29, 1.82) is 0 Å². The molecule has 0 spiro atoms. The maximum Gasteiger partial charge on any atom is 0.339 e. The van der Waals surface area contributed by atoms with Crippen molar-refractivity contribution in [2.75, 3.05) is 13.7 Å². The molecule has 1 heterocycles. The zero-order valence-corrected chi connectivity index (χ0v) is 14.9. The number of methoxy groups -OCH3 is 1. The zero-order valence-electron chi connectivity index (χ0n) is 14.9. The molecule has 0 aromatic heterocycles. The van der Waals surface area contributed by atoms with Crippen LogP contribution in [0.25, 0.3) is 0 Å². The van der Waals surface area contributed by atoms with Crippen molar-refractivity contribution in [3.8, 4) is 5.75 Å². The van der Waals surface area contributed by atoms with Crippen molar-refractivity contribution in [3.05, 3.63) is 65.2 Å². The number of aliphatic imine (C=N–C) groups is 1. The van der Waals surface area contributed by atoms with Crippen LogP contribution in [-0.4, -0.2) is 36.6 Å². The molecule has 3 rings (SSSR count). The summed E-state index contributed by atoms with van der Waals surface area (Å²) in [5.74, 6) is 0.289. The van der Waals surface area contributed by atoms with Crippen LogP contribution in [0.4, 0.5) is 0 Å². The Labute approximate surface area is 152 Å². The predicted octanol–water partition coefficient (Wildman–Crippen LogP) is 2.61. The molecule has 26 heavy (non-hydrogen) atoms. The third kappa shape index (κ3) is 4.03. The highest BCUT2D eigenvalue weighted by atomic mass is 16.5. The van der Waals surface area contributed by atoms with Gasteiger partial charge in [0.15, 0.2) is 0 Å². The Kier molecular flexibility index (Phi) is 5.53. The Morgan fingerprint density at radius 1 is 1.35 bits per heavy atom. The summed E-state index contributed by atoms with van der Waals surface area (Å²) >= 11 is 0. The Morgan fingerprint density at radius 2 is 2.12 bits per heavy atom. The van der Waals surface area contributed by atoms with Crippen molar-refractivity contribution < 1.29 is 14.6 Å². The molecule has 0 unspecified atom stereocenters. The lowest BCUT2D eigenvalue weighted by molar-refractivity contribution is 0.0693. The highest BCUT2D eigenvalue weighted by Gasteiger charge is 2.22. The van der Waals surface area contributed by atoms with Gasteiger partial charge in [-0.05, 0) is 30.2 Å². The Hall–Kier alpha value is -2.86. The van der Waals surface area contributed by atoms with E-state index in [4.69, 9.17) is 4.74 Å². The number of carboxylic acids is 1. The van der Waals surface area contributed by atoms with Gasteiger partial charge in [0.1, 0.15) is 17.1 Å². The first kappa shape index (κ1) is 17.9. The molecule has 6 nitrogen and oxygen atoms in total. The van der Waals surface area contributed by atoms with Gasteiger partial charge in [-0.2, -0.15) is 0 Å². The third-order valence-corrected chi connectivity index (χ3v) is 4.49. The number of nitrogens with zero attached hydrogens (tertiary/aromatic N) is 1. The standard InChI is InChI=1S/C20H23N3O3/c1-13(19-22-12-17(23-19)15-6-4-3-5-7-15)21-11-14-8-9-18(26-2)16(10-14)20(24)25/h3-10,13,17,21H,11-12H2,1-2H3,(H,22,23)(H,24,25)/t13-,17-/m0/s1. The van der Waals surface area contributed by atoms with Gasteiger partial charge in [-0.3, -0.25) is 4.99 Å². The first-order valence-electron chi connectivity index (χ1n) is 8.58. The average Bonchev–Trinajstić information content (AvgIpc) is 3.17. The summed E-state index contributed by atoms with van der Waals surface area (Å²) in [6.07, 6.45) is 0. The van der Waals surface area contributed by atoms with E-state index in [-0.39, 0.29) is 17.6 Å². The summed E-state index contributed by atoms with van der Waals surface area (Å²) in [6, 6.07) is 15.7. The molecule has 0 amide bonds. The molecule has 2 aromatic rings. The van der Waals surface area contributed by atoms with Crippen LogP contribution in [0.5, 0.6) is 5.75 Å². The third-order valence-electron chi connectivity index (χ3n) is 4.49. The minimum absolute atomic E-state index is 0.0408. The fourth-order valence-corrected chi connectivity index (χ4v) is 3.00. The van der Waals surface area contributed by atoms with E-state index in [1.807, 2.05) is 31.2 Å².